The quantitative estimate of drug-likeness (QED) is 0.790. The van der Waals surface area contributed by atoms with Gasteiger partial charge in [-0.1, -0.05) is 16.8 Å². The molecule has 0 unspecified atom stereocenters. The van der Waals surface area contributed by atoms with Crippen molar-refractivity contribution in [3.63, 3.8) is 0 Å². The van der Waals surface area contributed by atoms with Crippen LogP contribution >= 0.6 is 11.6 Å². The molecule has 8 heteroatoms. The number of hydrogen-bond acceptors (Lipinski definition) is 6. The van der Waals surface area contributed by atoms with Crippen molar-refractivity contribution >= 4 is 11.6 Å². The predicted molar refractivity (Wildman–Crippen MR) is 79.9 cm³/mol. The molecule has 3 aromatic rings. The first kappa shape index (κ1) is 14.4. The Morgan fingerprint density at radius 3 is 2.86 bits per heavy atom. The molecule has 0 atom stereocenters. The van der Waals surface area contributed by atoms with Gasteiger partial charge in [0.25, 0.3) is 0 Å². The lowest BCUT2D eigenvalue weighted by atomic mass is 10.1. The second-order valence-corrected chi connectivity index (χ2v) is 4.86. The number of benzene rings is 1. The van der Waals surface area contributed by atoms with Gasteiger partial charge in [0.2, 0.25) is 5.88 Å². The third-order valence-corrected chi connectivity index (χ3v) is 3.27. The molecule has 112 valence electrons. The fourth-order valence-electron chi connectivity index (χ4n) is 2.00. The summed E-state index contributed by atoms with van der Waals surface area (Å²) in [6.07, 6.45) is 3.06. The van der Waals surface area contributed by atoms with Crippen molar-refractivity contribution in [3.8, 4) is 22.8 Å². The lowest BCUT2D eigenvalue weighted by molar-refractivity contribution is 0.276. The van der Waals surface area contributed by atoms with E-state index in [1.165, 1.54) is 13.4 Å². The molecule has 0 radical (unpaired) electrons. The minimum Gasteiger partial charge on any atom is -0.481 e. The average Bonchev–Trinajstić information content (AvgIpc) is 3.03. The summed E-state index contributed by atoms with van der Waals surface area (Å²) in [6, 6.07) is 7.04. The van der Waals surface area contributed by atoms with E-state index in [-0.39, 0.29) is 6.61 Å². The van der Waals surface area contributed by atoms with Crippen LogP contribution in [-0.4, -0.2) is 37.2 Å². The van der Waals surface area contributed by atoms with Gasteiger partial charge < -0.3 is 9.84 Å². The Morgan fingerprint density at radius 1 is 1.27 bits per heavy atom. The van der Waals surface area contributed by atoms with Crippen LogP contribution in [0.3, 0.4) is 0 Å². The zero-order valence-corrected chi connectivity index (χ0v) is 12.4. The molecule has 0 aliphatic heterocycles. The molecule has 22 heavy (non-hydrogen) atoms. The van der Waals surface area contributed by atoms with E-state index in [4.69, 9.17) is 21.4 Å². The highest BCUT2D eigenvalue weighted by molar-refractivity contribution is 6.31. The Morgan fingerprint density at radius 2 is 2.14 bits per heavy atom. The van der Waals surface area contributed by atoms with Gasteiger partial charge in [-0.25, -0.2) is 14.6 Å². The van der Waals surface area contributed by atoms with E-state index in [0.29, 0.717) is 22.3 Å². The molecule has 7 nitrogen and oxygen atoms in total. The number of nitrogens with zero attached hydrogens (tertiary/aromatic N) is 5. The van der Waals surface area contributed by atoms with Crippen molar-refractivity contribution < 1.29 is 9.84 Å². The van der Waals surface area contributed by atoms with Gasteiger partial charge in [-0.2, -0.15) is 0 Å². The van der Waals surface area contributed by atoms with Crippen molar-refractivity contribution in [2.24, 2.45) is 0 Å². The second kappa shape index (κ2) is 6.08. The molecular formula is C14H12ClN5O2. The van der Waals surface area contributed by atoms with Gasteiger partial charge in [-0.3, -0.25) is 0 Å². The first-order chi connectivity index (χ1) is 10.7. The molecule has 0 spiro atoms. The van der Waals surface area contributed by atoms with E-state index < -0.39 is 0 Å². The fourth-order valence-corrected chi connectivity index (χ4v) is 2.17. The maximum Gasteiger partial charge on any atom is 0.216 e. The van der Waals surface area contributed by atoms with Crippen LogP contribution < -0.4 is 4.74 Å². The van der Waals surface area contributed by atoms with Gasteiger partial charge in [0.05, 0.1) is 31.3 Å². The number of hydrogen-bond donors (Lipinski definition) is 1. The molecule has 1 N–H and O–H groups in total. The third kappa shape index (κ3) is 2.76. The number of aliphatic hydroxyl groups excluding tert-OH is 1. The minimum atomic E-state index is -0.176. The van der Waals surface area contributed by atoms with Crippen LogP contribution in [0, 0.1) is 0 Å². The standard InChI is InChI=1S/C14H12ClN5O2/c1-22-14-5-12(16-8-17-14)11-4-9(15)2-3-13(11)20-6-10(7-21)18-19-20/h2-6,8,21H,7H2,1H3. The smallest absolute Gasteiger partial charge is 0.216 e. The summed E-state index contributed by atoms with van der Waals surface area (Å²) in [5.74, 6) is 0.450. The first-order valence-corrected chi connectivity index (χ1v) is 6.77. The topological polar surface area (TPSA) is 86.0 Å². The number of rotatable bonds is 4. The van der Waals surface area contributed by atoms with Crippen LogP contribution in [0.15, 0.2) is 36.8 Å². The van der Waals surface area contributed by atoms with Crippen LogP contribution in [0.1, 0.15) is 5.69 Å². The summed E-state index contributed by atoms with van der Waals surface area (Å²) >= 11 is 6.10. The molecule has 0 amide bonds. The average molecular weight is 318 g/mol. The Kier molecular flexibility index (Phi) is 3.99. The second-order valence-electron chi connectivity index (χ2n) is 4.42. The van der Waals surface area contributed by atoms with Crippen LogP contribution in [0.4, 0.5) is 0 Å². The maximum atomic E-state index is 9.12. The lowest BCUT2D eigenvalue weighted by Gasteiger charge is -2.09. The lowest BCUT2D eigenvalue weighted by Crippen LogP contribution is -2.00. The molecule has 0 fully saturated rings. The van der Waals surface area contributed by atoms with Crippen LogP contribution in [0.25, 0.3) is 16.9 Å². The van der Waals surface area contributed by atoms with Gasteiger partial charge in [-0.05, 0) is 18.2 Å². The van der Waals surface area contributed by atoms with Gasteiger partial charge in [0.1, 0.15) is 12.0 Å². The summed E-state index contributed by atoms with van der Waals surface area (Å²) in [5.41, 5.74) is 2.60. The van der Waals surface area contributed by atoms with E-state index in [2.05, 4.69) is 20.3 Å². The summed E-state index contributed by atoms with van der Waals surface area (Å²) in [4.78, 5) is 8.24. The maximum absolute atomic E-state index is 9.12. The van der Waals surface area contributed by atoms with Crippen LogP contribution in [-0.2, 0) is 6.61 Å². The van der Waals surface area contributed by atoms with E-state index >= 15 is 0 Å². The van der Waals surface area contributed by atoms with Crippen molar-refractivity contribution in [1.82, 2.24) is 25.0 Å². The van der Waals surface area contributed by atoms with E-state index in [1.54, 1.807) is 29.1 Å². The molecule has 1 aromatic carbocycles. The van der Waals surface area contributed by atoms with Gasteiger partial charge in [-0.15, -0.1) is 5.10 Å². The van der Waals surface area contributed by atoms with Crippen LogP contribution in [0.5, 0.6) is 5.88 Å². The van der Waals surface area contributed by atoms with Crippen molar-refractivity contribution in [1.29, 1.82) is 0 Å². The number of ether oxygens (including phenoxy) is 1. The van der Waals surface area contributed by atoms with Crippen molar-refractivity contribution in [3.05, 3.63) is 47.5 Å². The Hall–Kier alpha value is -2.51. The third-order valence-electron chi connectivity index (χ3n) is 3.04. The highest BCUT2D eigenvalue weighted by Gasteiger charge is 2.12. The molecular weight excluding hydrogens is 306 g/mol. The molecule has 0 saturated heterocycles. The summed E-state index contributed by atoms with van der Waals surface area (Å²) in [7, 11) is 1.54. The number of methoxy groups -OCH3 is 1. The molecule has 2 heterocycles. The molecule has 0 aliphatic rings. The number of aromatic nitrogens is 5. The Bertz CT molecular complexity index is 805. The van der Waals surface area contributed by atoms with E-state index in [0.717, 1.165) is 11.3 Å². The molecule has 2 aromatic heterocycles. The zero-order chi connectivity index (χ0) is 15.5. The highest BCUT2D eigenvalue weighted by Crippen LogP contribution is 2.29. The Balaban J connectivity index is 2.15. The van der Waals surface area contributed by atoms with Gasteiger partial charge in [0, 0.05) is 16.7 Å². The molecule has 0 saturated carbocycles. The fraction of sp³-hybridized carbons (Fsp3) is 0.143. The summed E-state index contributed by atoms with van der Waals surface area (Å²) < 4.78 is 6.68. The van der Waals surface area contributed by atoms with Crippen LogP contribution in [0.2, 0.25) is 5.02 Å². The van der Waals surface area contributed by atoms with E-state index in [1.807, 2.05) is 6.07 Å². The number of aliphatic hydroxyl groups is 1. The molecule has 3 rings (SSSR count). The van der Waals surface area contributed by atoms with Crippen molar-refractivity contribution in [2.45, 2.75) is 6.61 Å². The van der Waals surface area contributed by atoms with E-state index in [9.17, 15) is 0 Å². The largest absolute Gasteiger partial charge is 0.481 e. The Labute approximate surface area is 131 Å². The molecule has 0 bridgehead atoms. The molecule has 0 aliphatic carbocycles. The monoisotopic (exact) mass is 317 g/mol. The summed E-state index contributed by atoms with van der Waals surface area (Å²) in [5, 5.41) is 17.6. The predicted octanol–water partition coefficient (Wildman–Crippen LogP) is 1.88. The summed E-state index contributed by atoms with van der Waals surface area (Å²) in [6.45, 7) is -0.176. The van der Waals surface area contributed by atoms with Gasteiger partial charge >= 0.3 is 0 Å². The highest BCUT2D eigenvalue weighted by atomic mass is 35.5. The minimum absolute atomic E-state index is 0.176. The SMILES string of the molecule is COc1cc(-c2cc(Cl)ccc2-n2cc(CO)nn2)ncn1. The first-order valence-electron chi connectivity index (χ1n) is 6.39. The van der Waals surface area contributed by atoms with Gasteiger partial charge in [0.15, 0.2) is 0 Å². The number of halogens is 1. The van der Waals surface area contributed by atoms with Crippen molar-refractivity contribution in [2.75, 3.05) is 7.11 Å². The normalized spacial score (nSPS) is 10.7. The zero-order valence-electron chi connectivity index (χ0n) is 11.6.